The molecule has 2 saturated heterocycles. The number of alkyl carbamates (subject to hydrolysis) is 1. The molecule has 0 spiro atoms. The van der Waals surface area contributed by atoms with Crippen molar-refractivity contribution in [3.63, 3.8) is 0 Å². The van der Waals surface area contributed by atoms with Gasteiger partial charge in [0.2, 0.25) is 59.3 Å². The number of benzene rings is 6. The topological polar surface area (TPSA) is 521 Å². The van der Waals surface area contributed by atoms with Crippen molar-refractivity contribution in [2.24, 2.45) is 29.6 Å². The van der Waals surface area contributed by atoms with E-state index >= 15 is 28.8 Å². The average molecular weight is 1710 g/mol. The number of likely N-dealkylation sites (N-methyl/N-ethyl adjacent to an activating group) is 3. The van der Waals surface area contributed by atoms with E-state index in [9.17, 15) is 54.9 Å². The highest BCUT2D eigenvalue weighted by atomic mass is 35.5. The van der Waals surface area contributed by atoms with E-state index in [2.05, 4.69) is 63.8 Å². The molecule has 7 heterocycles. The molecule has 36 nitrogen and oxygen atoms in total. The number of amides is 10. The summed E-state index contributed by atoms with van der Waals surface area (Å²) in [5.41, 5.74) is -1.46. The summed E-state index contributed by atoms with van der Waals surface area (Å²) in [5, 5.41) is 117. The number of hydrogen-bond acceptors (Lipinski definition) is 27. The Morgan fingerprint density at radius 3 is 1.99 bits per heavy atom. The molecule has 37 heteroatoms. The van der Waals surface area contributed by atoms with Crippen LogP contribution in [0.15, 0.2) is 97.1 Å². The molecular weight excluding hydrogens is 1610 g/mol. The Balaban J connectivity index is 0.943. The van der Waals surface area contributed by atoms with Gasteiger partial charge in [0, 0.05) is 41.9 Å². The third-order valence-corrected chi connectivity index (χ3v) is 23.8. The second-order valence-electron chi connectivity index (χ2n) is 32.6. The Kier molecular flexibility index (Phi) is 26.4. The summed E-state index contributed by atoms with van der Waals surface area (Å²) in [6.45, 7) is 6.17. The Bertz CT molecular complexity index is 5030. The maximum atomic E-state index is 16.6. The average Bonchev–Trinajstić information content (AvgIpc) is 0.752. The van der Waals surface area contributed by atoms with E-state index in [0.717, 1.165) is 74.6 Å². The molecule has 0 radical (unpaired) electrons. The minimum atomic E-state index is -2.36. The zero-order valence-corrected chi connectivity index (χ0v) is 68.2. The lowest BCUT2D eigenvalue weighted by molar-refractivity contribution is -0.275. The van der Waals surface area contributed by atoms with Gasteiger partial charge in [0.1, 0.15) is 108 Å². The lowest BCUT2D eigenvalue weighted by Gasteiger charge is -2.54. The van der Waals surface area contributed by atoms with Gasteiger partial charge < -0.3 is 127 Å². The number of ether oxygens (including phenoxy) is 7. The predicted octanol–water partition coefficient (Wildman–Crippen LogP) is 2.94. The van der Waals surface area contributed by atoms with Crippen LogP contribution >= 0.6 is 11.6 Å². The summed E-state index contributed by atoms with van der Waals surface area (Å²) >= 11 is 7.24. The molecule has 4 aliphatic carbocycles. The van der Waals surface area contributed by atoms with E-state index in [-0.39, 0.29) is 123 Å². The molecule has 4 saturated carbocycles. The molecule has 11 aliphatic rings. The molecule has 6 aromatic carbocycles. The van der Waals surface area contributed by atoms with Crippen molar-refractivity contribution in [2.45, 2.75) is 164 Å². The molecule has 14 atom stereocenters. The maximum absolute atomic E-state index is 16.6. The number of aliphatic hydroxyl groups excluding tert-OH is 4. The number of carbonyl (C=O) groups is 10. The molecule has 17 rings (SSSR count). The fraction of sp³-hybridized carbons (Fsp3) is 0.459. The number of hydrogen-bond donors (Lipinski definition) is 19. The van der Waals surface area contributed by atoms with Crippen LogP contribution in [-0.4, -0.2) is 210 Å². The van der Waals surface area contributed by atoms with E-state index < -0.39 is 191 Å². The van der Waals surface area contributed by atoms with E-state index in [1.54, 1.807) is 20.2 Å². The Hall–Kier alpha value is -11.5. The number of aryl methyl sites for hydroxylation is 1. The van der Waals surface area contributed by atoms with Crippen LogP contribution in [0.5, 0.6) is 51.7 Å². The first kappa shape index (κ1) is 86.9. The van der Waals surface area contributed by atoms with E-state index in [1.165, 1.54) is 62.5 Å². The zero-order valence-electron chi connectivity index (χ0n) is 67.4. The number of nitrogens with one attached hydrogen (secondary N) is 12. The number of halogens is 1. The first-order valence-electron chi connectivity index (χ1n) is 40.5. The smallest absolute Gasteiger partial charge is 0.407 e. The molecule has 19 N–H and O–H groups in total. The van der Waals surface area contributed by atoms with E-state index in [1.807, 2.05) is 13.8 Å². The standard InChI is InChI=1S/C85H99ClN12O24/c1-36(2)17-53(89-6)77(108)97-68-70(103)42-8-11-57(37(3)18-42)118-59-29-46-30-60(74(59)121-84-73(106)72(105)75-61(120-84)34-90-85(115)122-75)119-58-12-9-43(28-52(58)86)71(104)69-83(114)96-67(81(112)93-64-44-20-38-19-39(22-44)23-45(64)21-38)51-31-48(99)32-56(101)63(51)50-27-41(7-10-55(50)100)65(79(110)98-69)95-80(111)66(46)94-78(109)54(91-82(68)113)33-62(102)92-76(107)47-24-40(35-116-15-13-87-4)25-49(26-47)117-16-14-88-5/h7-12,18,24-32,36,38-39,44-45,53-54,61,64-73,75,84,87-89,99-101,103-106H,13-17,19-23,33-35H2,1-6H3,(H,90,115)(H,91,113)(H,93,112)(H,94,109)(H,95,111)(H,96,114)(H,97,108)(H,98,110)(H,92,102,107)/t38?,39?,44?,45?,53-,54+,61-,64?,65-,66-,67+,68-,69+,70-,71-,72-,73-,75-,84+/m1/s1. The highest BCUT2D eigenvalue weighted by Gasteiger charge is 2.53. The van der Waals surface area contributed by atoms with Gasteiger partial charge in [0.15, 0.2) is 17.6 Å². The summed E-state index contributed by atoms with van der Waals surface area (Å²) in [4.78, 5) is 152. The number of fused-ring (bicyclic) bond motifs is 16. The second-order valence-corrected chi connectivity index (χ2v) is 33.0. The van der Waals surface area contributed by atoms with Crippen LogP contribution in [0.3, 0.4) is 0 Å². The summed E-state index contributed by atoms with van der Waals surface area (Å²) in [7, 11) is 4.94. The van der Waals surface area contributed by atoms with Gasteiger partial charge in [-0.25, -0.2) is 4.79 Å². The van der Waals surface area contributed by atoms with Crippen molar-refractivity contribution in [1.29, 1.82) is 0 Å². The number of aromatic hydroxyl groups is 3. The molecule has 6 aromatic rings. The monoisotopic (exact) mass is 1710 g/mol. The molecule has 15 bridgehead atoms. The normalized spacial score (nSPS) is 27.4. The SMILES string of the molecule is CNCCOCc1cc(OCCNC)cc(C(=O)NC(=O)C[C@@H]2NC(=O)[C@H](NC(=O)[C@@H](CC(C)C)NC)[C@H](O)c3ccc(c(C)c3)Oc3cc4cc(c3O[C@@H]3O[C@@H]5CNC(=O)O[C@H]5[C@H](O)[C@H]3O)Oc3ccc(cc3Cl)[C@@H](O)[C@@H]3NC(=O)[C@H](NC(=O)[C@@H]4NC2=O)c2ccc(O)c(c2)-c2c(O)cc(O)cc2[C@@H](C(=O)NC2C4CC5CC(C4)CC2C5)NC3=O)c1. The van der Waals surface area contributed by atoms with Gasteiger partial charge >= 0.3 is 6.09 Å². The van der Waals surface area contributed by atoms with Crippen molar-refractivity contribution in [1.82, 2.24) is 63.8 Å². The molecule has 10 amide bonds. The molecule has 650 valence electrons. The van der Waals surface area contributed by atoms with Gasteiger partial charge in [-0.3, -0.25) is 48.5 Å². The molecule has 122 heavy (non-hydrogen) atoms. The highest BCUT2D eigenvalue weighted by Crippen LogP contribution is 2.55. The largest absolute Gasteiger partial charge is 0.508 e. The molecule has 0 unspecified atom stereocenters. The van der Waals surface area contributed by atoms with Crippen LogP contribution in [0.4, 0.5) is 4.79 Å². The minimum absolute atomic E-state index is 0.0169. The first-order chi connectivity index (χ1) is 58.4. The van der Waals surface area contributed by atoms with Gasteiger partial charge in [-0.05, 0) is 208 Å². The van der Waals surface area contributed by atoms with Crippen molar-refractivity contribution in [3.8, 4) is 62.9 Å². The number of phenols is 3. The summed E-state index contributed by atoms with van der Waals surface area (Å²) < 4.78 is 43.5. The van der Waals surface area contributed by atoms with E-state index in [4.69, 9.17) is 44.8 Å². The fourth-order valence-electron chi connectivity index (χ4n) is 17.7. The first-order valence-corrected chi connectivity index (χ1v) is 40.9. The second kappa shape index (κ2) is 37.1. The predicted molar refractivity (Wildman–Crippen MR) is 432 cm³/mol. The number of rotatable bonds is 21. The van der Waals surface area contributed by atoms with Crippen LogP contribution in [0, 0.1) is 36.5 Å². The van der Waals surface area contributed by atoms with Crippen LogP contribution in [0.1, 0.15) is 138 Å². The van der Waals surface area contributed by atoms with Gasteiger partial charge in [0.25, 0.3) is 5.91 Å². The van der Waals surface area contributed by atoms with Crippen molar-refractivity contribution in [2.75, 3.05) is 54.0 Å². The van der Waals surface area contributed by atoms with Crippen LogP contribution in [0.25, 0.3) is 11.1 Å². The number of aliphatic hydroxyl groups is 4. The van der Waals surface area contributed by atoms with Crippen molar-refractivity contribution < 1.29 is 117 Å². The van der Waals surface area contributed by atoms with Crippen LogP contribution in [0.2, 0.25) is 5.02 Å². The van der Waals surface area contributed by atoms with Crippen LogP contribution < -0.4 is 82.7 Å². The lowest BCUT2D eigenvalue weighted by Crippen LogP contribution is -2.65. The lowest BCUT2D eigenvalue weighted by atomic mass is 9.54. The number of carbonyl (C=O) groups excluding carboxylic acids is 10. The van der Waals surface area contributed by atoms with Gasteiger partial charge in [-0.2, -0.15) is 0 Å². The molecular formula is C85H99ClN12O24. The van der Waals surface area contributed by atoms with Crippen LogP contribution in [-0.2, 0) is 59.2 Å². The highest BCUT2D eigenvalue weighted by molar-refractivity contribution is 6.32. The Morgan fingerprint density at radius 1 is 0.639 bits per heavy atom. The zero-order chi connectivity index (χ0) is 86.8. The molecule has 6 fully saturated rings. The van der Waals surface area contributed by atoms with Crippen molar-refractivity contribution >= 4 is 70.9 Å². The van der Waals surface area contributed by atoms with E-state index in [0.29, 0.717) is 30.5 Å². The number of imide groups is 1. The third-order valence-electron chi connectivity index (χ3n) is 23.5. The van der Waals surface area contributed by atoms with Gasteiger partial charge in [-0.1, -0.05) is 43.6 Å². The Labute approximate surface area is 704 Å². The molecule has 7 aliphatic heterocycles. The van der Waals surface area contributed by atoms with Gasteiger partial charge in [0.05, 0.1) is 37.2 Å². The third kappa shape index (κ3) is 18.9. The Morgan fingerprint density at radius 2 is 1.30 bits per heavy atom. The quantitative estimate of drug-likeness (QED) is 0.0461. The minimum Gasteiger partial charge on any atom is -0.508 e. The summed E-state index contributed by atoms with van der Waals surface area (Å²) in [5.74, 6) is -13.6. The summed E-state index contributed by atoms with van der Waals surface area (Å²) in [6.07, 6.45) is -10.3. The van der Waals surface area contributed by atoms with Crippen molar-refractivity contribution in [3.05, 3.63) is 147 Å². The maximum Gasteiger partial charge on any atom is 0.407 e. The van der Waals surface area contributed by atoms with Gasteiger partial charge in [-0.15, -0.1) is 0 Å². The number of phenolic OH excluding ortho intramolecular Hbond substituents is 3. The molecule has 0 aromatic heterocycles. The summed E-state index contributed by atoms with van der Waals surface area (Å²) in [6, 6.07) is 5.27. The fourth-order valence-corrected chi connectivity index (χ4v) is 17.9.